The summed E-state index contributed by atoms with van der Waals surface area (Å²) in [5, 5.41) is 7.04. The first-order chi connectivity index (χ1) is 11.5. The molecular formula is C17H21N3O3S. The second-order valence-electron chi connectivity index (χ2n) is 7.18. The zero-order chi connectivity index (χ0) is 16.9. The number of nitrogens with zero attached hydrogens (tertiary/aromatic N) is 1. The van der Waals surface area contributed by atoms with E-state index in [1.165, 1.54) is 10.4 Å². The first-order valence-corrected chi connectivity index (χ1v) is 9.38. The summed E-state index contributed by atoms with van der Waals surface area (Å²) in [5.74, 6) is 0.501. The molecule has 0 radical (unpaired) electrons. The lowest BCUT2D eigenvalue weighted by molar-refractivity contribution is -0.125. The largest absolute Gasteiger partial charge is 0.338 e. The van der Waals surface area contributed by atoms with Crippen LogP contribution in [-0.2, 0) is 17.6 Å². The van der Waals surface area contributed by atoms with Gasteiger partial charge in [0.25, 0.3) is 11.8 Å². The van der Waals surface area contributed by atoms with E-state index in [0.29, 0.717) is 31.8 Å². The number of likely N-dealkylation sites (tertiary alicyclic amines) is 1. The molecule has 0 saturated carbocycles. The lowest BCUT2D eigenvalue weighted by Gasteiger charge is -2.37. The van der Waals surface area contributed by atoms with Crippen LogP contribution < -0.4 is 10.6 Å². The normalized spacial score (nSPS) is 25.4. The first kappa shape index (κ1) is 15.6. The van der Waals surface area contributed by atoms with Gasteiger partial charge in [-0.05, 0) is 43.6 Å². The number of nitrogens with one attached hydrogen (secondary N) is 2. The van der Waals surface area contributed by atoms with Gasteiger partial charge in [0.15, 0.2) is 0 Å². The van der Waals surface area contributed by atoms with Crippen LogP contribution in [-0.4, -0.2) is 41.4 Å². The molecule has 2 saturated heterocycles. The Bertz CT molecular complexity index is 719. The van der Waals surface area contributed by atoms with Gasteiger partial charge >= 0.3 is 6.03 Å². The lowest BCUT2D eigenvalue weighted by Crippen LogP contribution is -2.55. The predicted octanol–water partition coefficient (Wildman–Crippen LogP) is 1.69. The van der Waals surface area contributed by atoms with Crippen molar-refractivity contribution >= 4 is 29.2 Å². The van der Waals surface area contributed by atoms with E-state index in [9.17, 15) is 14.4 Å². The maximum absolute atomic E-state index is 12.9. The summed E-state index contributed by atoms with van der Waals surface area (Å²) >= 11 is 1.70. The molecule has 0 bridgehead atoms. The third-order valence-corrected chi connectivity index (χ3v) is 6.60. The summed E-state index contributed by atoms with van der Waals surface area (Å²) in [6, 6.07) is -0.430. The van der Waals surface area contributed by atoms with E-state index in [0.717, 1.165) is 24.8 Å². The van der Waals surface area contributed by atoms with Crippen LogP contribution in [0.3, 0.4) is 0 Å². The van der Waals surface area contributed by atoms with E-state index in [2.05, 4.69) is 17.6 Å². The molecule has 4 amide bonds. The molecule has 24 heavy (non-hydrogen) atoms. The number of amides is 4. The fraction of sp³-hybridized carbons (Fsp3) is 0.588. The third-order valence-electron chi connectivity index (χ3n) is 5.55. The zero-order valence-electron chi connectivity index (χ0n) is 13.7. The summed E-state index contributed by atoms with van der Waals surface area (Å²) in [5.41, 5.74) is 1.25. The van der Waals surface area contributed by atoms with Crippen LogP contribution in [0.25, 0.3) is 0 Å². The first-order valence-electron chi connectivity index (χ1n) is 8.50. The molecule has 1 aliphatic carbocycles. The number of imide groups is 1. The van der Waals surface area contributed by atoms with E-state index in [4.69, 9.17) is 0 Å². The fourth-order valence-corrected chi connectivity index (χ4v) is 5.24. The average Bonchev–Trinajstić information content (AvgIpc) is 3.08. The monoisotopic (exact) mass is 347 g/mol. The van der Waals surface area contributed by atoms with Gasteiger partial charge in [-0.15, -0.1) is 11.3 Å². The molecule has 2 aliphatic heterocycles. The van der Waals surface area contributed by atoms with Crippen molar-refractivity contribution in [2.24, 2.45) is 5.92 Å². The Morgan fingerprint density at radius 1 is 1.33 bits per heavy atom. The van der Waals surface area contributed by atoms with E-state index < -0.39 is 11.6 Å². The van der Waals surface area contributed by atoms with E-state index >= 15 is 0 Å². The molecule has 1 aromatic rings. The number of hydrogen-bond acceptors (Lipinski definition) is 4. The standard InChI is InChI=1S/C17H21N3O3S/c1-10-2-3-11-12(9-24-13(11)8-10)14(21)20-6-4-17(5-7-20)15(22)18-16(23)19-17/h9-10H,2-8H2,1H3,(H2,18,19,22,23). The Labute approximate surface area is 144 Å². The summed E-state index contributed by atoms with van der Waals surface area (Å²) in [6.45, 7) is 3.25. The lowest BCUT2D eigenvalue weighted by atomic mass is 9.86. The Balaban J connectivity index is 1.48. The Morgan fingerprint density at radius 3 is 2.75 bits per heavy atom. The molecule has 7 heteroatoms. The summed E-state index contributed by atoms with van der Waals surface area (Å²) in [7, 11) is 0. The highest BCUT2D eigenvalue weighted by molar-refractivity contribution is 7.10. The number of thiophene rings is 1. The number of urea groups is 1. The molecule has 2 N–H and O–H groups in total. The molecule has 128 valence electrons. The van der Waals surface area contributed by atoms with Gasteiger partial charge in [0.05, 0.1) is 5.56 Å². The highest BCUT2D eigenvalue weighted by Gasteiger charge is 2.48. The quantitative estimate of drug-likeness (QED) is 0.759. The van der Waals surface area contributed by atoms with Crippen molar-refractivity contribution in [2.45, 2.75) is 44.6 Å². The molecule has 1 aromatic heterocycles. The topological polar surface area (TPSA) is 78.5 Å². The van der Waals surface area contributed by atoms with Crippen LogP contribution in [0, 0.1) is 5.92 Å². The van der Waals surface area contributed by atoms with E-state index in [1.54, 1.807) is 11.3 Å². The van der Waals surface area contributed by atoms with Crippen molar-refractivity contribution in [2.75, 3.05) is 13.1 Å². The highest BCUT2D eigenvalue weighted by atomic mass is 32.1. The van der Waals surface area contributed by atoms with Gasteiger partial charge < -0.3 is 10.2 Å². The molecule has 2 fully saturated rings. The molecule has 6 nitrogen and oxygen atoms in total. The Hall–Kier alpha value is -1.89. The van der Waals surface area contributed by atoms with Gasteiger partial charge in [-0.2, -0.15) is 0 Å². The van der Waals surface area contributed by atoms with Gasteiger partial charge in [-0.25, -0.2) is 4.79 Å². The zero-order valence-corrected chi connectivity index (χ0v) is 14.5. The SMILES string of the molecule is CC1CCc2c(C(=O)N3CCC4(CC3)NC(=O)NC4=O)csc2C1. The van der Waals surface area contributed by atoms with Crippen LogP contribution >= 0.6 is 11.3 Å². The number of hydrogen-bond donors (Lipinski definition) is 2. The van der Waals surface area contributed by atoms with Crippen LogP contribution in [0.15, 0.2) is 5.38 Å². The van der Waals surface area contributed by atoms with Gasteiger partial charge in [0.2, 0.25) is 0 Å². The van der Waals surface area contributed by atoms with E-state index in [-0.39, 0.29) is 11.8 Å². The number of carbonyl (C=O) groups is 3. The van der Waals surface area contributed by atoms with Crippen molar-refractivity contribution in [3.8, 4) is 0 Å². The maximum Gasteiger partial charge on any atom is 0.322 e. The summed E-state index contributed by atoms with van der Waals surface area (Å²) < 4.78 is 0. The molecule has 3 aliphatic rings. The smallest absolute Gasteiger partial charge is 0.322 e. The summed E-state index contributed by atoms with van der Waals surface area (Å²) in [4.78, 5) is 39.5. The minimum absolute atomic E-state index is 0.0710. The molecule has 1 spiro atoms. The molecular weight excluding hydrogens is 326 g/mol. The van der Waals surface area contributed by atoms with Crippen molar-refractivity contribution < 1.29 is 14.4 Å². The molecule has 4 rings (SSSR count). The molecule has 3 heterocycles. The van der Waals surface area contributed by atoms with Gasteiger partial charge in [0, 0.05) is 23.3 Å². The van der Waals surface area contributed by atoms with Crippen molar-refractivity contribution in [1.82, 2.24) is 15.5 Å². The van der Waals surface area contributed by atoms with Gasteiger partial charge in [-0.3, -0.25) is 14.9 Å². The predicted molar refractivity (Wildman–Crippen MR) is 90.1 cm³/mol. The van der Waals surface area contributed by atoms with Crippen LogP contribution in [0.5, 0.6) is 0 Å². The van der Waals surface area contributed by atoms with Crippen LogP contribution in [0.4, 0.5) is 4.79 Å². The highest BCUT2D eigenvalue weighted by Crippen LogP contribution is 2.34. The van der Waals surface area contributed by atoms with E-state index in [1.807, 2.05) is 10.3 Å². The van der Waals surface area contributed by atoms with Crippen molar-refractivity contribution in [3.63, 3.8) is 0 Å². The summed E-state index contributed by atoms with van der Waals surface area (Å²) in [6.07, 6.45) is 4.14. The van der Waals surface area contributed by atoms with Crippen molar-refractivity contribution in [1.29, 1.82) is 0 Å². The molecule has 1 atom stereocenters. The number of fused-ring (bicyclic) bond motifs is 1. The average molecular weight is 347 g/mol. The number of rotatable bonds is 1. The van der Waals surface area contributed by atoms with Crippen molar-refractivity contribution in [3.05, 3.63) is 21.4 Å². The maximum atomic E-state index is 12.9. The minimum Gasteiger partial charge on any atom is -0.338 e. The number of carbonyl (C=O) groups excluding carboxylic acids is 3. The van der Waals surface area contributed by atoms with Gasteiger partial charge in [-0.1, -0.05) is 6.92 Å². The van der Waals surface area contributed by atoms with Crippen LogP contribution in [0.1, 0.15) is 47.0 Å². The Kier molecular flexibility index (Phi) is 3.63. The second-order valence-corrected chi connectivity index (χ2v) is 8.15. The number of piperidine rings is 1. The third kappa shape index (κ3) is 2.42. The molecule has 1 unspecified atom stereocenters. The minimum atomic E-state index is -0.822. The van der Waals surface area contributed by atoms with Gasteiger partial charge in [0.1, 0.15) is 5.54 Å². The molecule has 0 aromatic carbocycles. The van der Waals surface area contributed by atoms with Crippen LogP contribution in [0.2, 0.25) is 0 Å². The second kappa shape index (κ2) is 5.58. The fourth-order valence-electron chi connectivity index (χ4n) is 4.00. The Morgan fingerprint density at radius 2 is 2.08 bits per heavy atom.